The van der Waals surface area contributed by atoms with Crippen LogP contribution >= 0.6 is 0 Å². The third-order valence-electron chi connectivity index (χ3n) is 5.11. The quantitative estimate of drug-likeness (QED) is 0.192. The molecule has 0 unspecified atom stereocenters. The molecule has 10 heteroatoms. The summed E-state index contributed by atoms with van der Waals surface area (Å²) in [7, 11) is 1.61. The van der Waals surface area contributed by atoms with E-state index in [4.69, 9.17) is 14.2 Å². The zero-order valence-electron chi connectivity index (χ0n) is 20.3. The van der Waals surface area contributed by atoms with E-state index in [2.05, 4.69) is 30.1 Å². The van der Waals surface area contributed by atoms with Crippen molar-refractivity contribution in [3.05, 3.63) is 59.9 Å². The van der Waals surface area contributed by atoms with Gasteiger partial charge in [0.15, 0.2) is 5.69 Å². The molecule has 2 heterocycles. The van der Waals surface area contributed by atoms with E-state index in [0.717, 1.165) is 22.0 Å². The van der Waals surface area contributed by atoms with Crippen LogP contribution in [0.3, 0.4) is 0 Å². The number of hydrogen-bond acceptors (Lipinski definition) is 7. The first-order valence-electron chi connectivity index (χ1n) is 11.0. The van der Waals surface area contributed by atoms with Crippen LogP contribution < -0.4 is 5.43 Å². The van der Waals surface area contributed by atoms with E-state index in [-0.39, 0.29) is 12.3 Å². The first-order chi connectivity index (χ1) is 16.2. The van der Waals surface area contributed by atoms with Crippen LogP contribution in [0.25, 0.3) is 11.0 Å². The Hall–Kier alpha value is -3.37. The van der Waals surface area contributed by atoms with Crippen molar-refractivity contribution in [2.75, 3.05) is 26.2 Å². The van der Waals surface area contributed by atoms with Crippen molar-refractivity contribution >= 4 is 36.9 Å². The number of hydrazine groups is 1. The van der Waals surface area contributed by atoms with Crippen molar-refractivity contribution in [2.24, 2.45) is 0 Å². The van der Waals surface area contributed by atoms with Gasteiger partial charge in [-0.15, -0.1) is 0 Å². The second-order valence-electron chi connectivity index (χ2n) is 9.13. The first-order valence-corrected chi connectivity index (χ1v) is 14.8. The van der Waals surface area contributed by atoms with Crippen LogP contribution in [0.5, 0.6) is 0 Å². The fourth-order valence-corrected chi connectivity index (χ4v) is 3.89. The molecular weight excluding hydrogens is 452 g/mol. The molecule has 3 aromatic rings. The number of benzene rings is 1. The van der Waals surface area contributed by atoms with Gasteiger partial charge < -0.3 is 18.8 Å². The molecule has 0 aliphatic carbocycles. The average molecular weight is 485 g/mol. The number of fused-ring (bicyclic) bond motifs is 1. The van der Waals surface area contributed by atoms with Gasteiger partial charge in [0.1, 0.15) is 19.0 Å². The smallest absolute Gasteiger partial charge is 0.428 e. The molecule has 3 rings (SSSR count). The number of amides is 1. The number of pyridine rings is 1. The number of ether oxygens (including phenoxy) is 3. The Morgan fingerprint density at radius 3 is 2.56 bits per heavy atom. The number of anilines is 1. The molecule has 9 nitrogen and oxygen atoms in total. The Bertz CT molecular complexity index is 1130. The maximum Gasteiger partial charge on any atom is 0.428 e. The van der Waals surface area contributed by atoms with Gasteiger partial charge in [0.05, 0.1) is 12.8 Å². The van der Waals surface area contributed by atoms with Gasteiger partial charge in [-0.1, -0.05) is 50.0 Å². The number of nitrogens with one attached hydrogen (secondary N) is 1. The molecule has 0 aliphatic heterocycles. The molecule has 1 amide bonds. The summed E-state index contributed by atoms with van der Waals surface area (Å²) in [5.74, 6) is -0.622. The van der Waals surface area contributed by atoms with E-state index in [1.807, 2.05) is 47.2 Å². The van der Waals surface area contributed by atoms with E-state index in [0.29, 0.717) is 24.7 Å². The number of esters is 1. The van der Waals surface area contributed by atoms with Gasteiger partial charge >= 0.3 is 12.1 Å². The van der Waals surface area contributed by atoms with Gasteiger partial charge in [-0.25, -0.2) is 19.6 Å². The first kappa shape index (κ1) is 25.3. The highest BCUT2D eigenvalue weighted by Gasteiger charge is 2.20. The van der Waals surface area contributed by atoms with Crippen LogP contribution in [0.4, 0.5) is 10.5 Å². The average Bonchev–Trinajstić information content (AvgIpc) is 3.21. The standard InChI is InChI=1S/C24H32N4O5Si/c1-27(24(30)33-16-18-9-7-6-8-10-18)26-20-15-19-11-12-28(17-32-13-14-34(3,4)5)22(19)25-21(20)23(29)31-2/h6-12,15,26H,13-14,16-17H2,1-5H3. The molecule has 0 saturated heterocycles. The molecule has 0 radical (unpaired) electrons. The molecule has 182 valence electrons. The highest BCUT2D eigenvalue weighted by atomic mass is 28.3. The second kappa shape index (κ2) is 11.2. The molecule has 0 saturated carbocycles. The summed E-state index contributed by atoms with van der Waals surface area (Å²) in [5, 5.41) is 1.95. The lowest BCUT2D eigenvalue weighted by molar-refractivity contribution is 0.0593. The fourth-order valence-electron chi connectivity index (χ4n) is 3.14. The number of nitrogens with zero attached hydrogens (tertiary/aromatic N) is 3. The monoisotopic (exact) mass is 484 g/mol. The highest BCUT2D eigenvalue weighted by molar-refractivity contribution is 6.76. The van der Waals surface area contributed by atoms with Crippen LogP contribution in [-0.4, -0.2) is 55.5 Å². The minimum Gasteiger partial charge on any atom is -0.464 e. The maximum absolute atomic E-state index is 12.4. The molecule has 34 heavy (non-hydrogen) atoms. The minimum atomic E-state index is -1.18. The largest absolute Gasteiger partial charge is 0.464 e. The van der Waals surface area contributed by atoms with Gasteiger partial charge in [0.25, 0.3) is 0 Å². The van der Waals surface area contributed by atoms with E-state index >= 15 is 0 Å². The number of aromatic nitrogens is 2. The van der Waals surface area contributed by atoms with Gasteiger partial charge in [-0.2, -0.15) is 0 Å². The summed E-state index contributed by atoms with van der Waals surface area (Å²) < 4.78 is 17.9. The van der Waals surface area contributed by atoms with Crippen LogP contribution in [-0.2, 0) is 27.5 Å². The Balaban J connectivity index is 1.73. The second-order valence-corrected chi connectivity index (χ2v) is 14.8. The van der Waals surface area contributed by atoms with Gasteiger partial charge in [0, 0.05) is 33.3 Å². The highest BCUT2D eigenvalue weighted by Crippen LogP contribution is 2.24. The predicted octanol–water partition coefficient (Wildman–Crippen LogP) is 4.73. The molecule has 1 N–H and O–H groups in total. The van der Waals surface area contributed by atoms with E-state index < -0.39 is 20.1 Å². The lowest BCUT2D eigenvalue weighted by Gasteiger charge is -2.20. The molecule has 0 bridgehead atoms. The molecule has 0 fully saturated rings. The van der Waals surface area contributed by atoms with Crippen LogP contribution in [0, 0.1) is 0 Å². The summed E-state index contributed by atoms with van der Waals surface area (Å²) >= 11 is 0. The lowest BCUT2D eigenvalue weighted by Crippen LogP contribution is -2.33. The van der Waals surface area contributed by atoms with Gasteiger partial charge in [0.2, 0.25) is 0 Å². The van der Waals surface area contributed by atoms with Crippen molar-refractivity contribution in [3.63, 3.8) is 0 Å². The summed E-state index contributed by atoms with van der Waals surface area (Å²) in [4.78, 5) is 29.4. The molecule has 0 atom stereocenters. The summed E-state index contributed by atoms with van der Waals surface area (Å²) in [6.45, 7) is 8.04. The fraction of sp³-hybridized carbons (Fsp3) is 0.375. The number of rotatable bonds is 10. The molecule has 0 spiro atoms. The summed E-state index contributed by atoms with van der Waals surface area (Å²) in [5.41, 5.74) is 4.74. The van der Waals surface area contributed by atoms with Crippen molar-refractivity contribution < 1.29 is 23.8 Å². The van der Waals surface area contributed by atoms with Crippen LogP contribution in [0.2, 0.25) is 25.7 Å². The van der Waals surface area contributed by atoms with Crippen molar-refractivity contribution in [3.8, 4) is 0 Å². The Morgan fingerprint density at radius 1 is 1.15 bits per heavy atom. The van der Waals surface area contributed by atoms with E-state index in [9.17, 15) is 9.59 Å². The van der Waals surface area contributed by atoms with Crippen molar-refractivity contribution in [1.82, 2.24) is 14.6 Å². The van der Waals surface area contributed by atoms with Crippen molar-refractivity contribution in [1.29, 1.82) is 0 Å². The third kappa shape index (κ3) is 6.81. The van der Waals surface area contributed by atoms with Crippen LogP contribution in [0.15, 0.2) is 48.7 Å². The minimum absolute atomic E-state index is 0.0553. The van der Waals surface area contributed by atoms with Gasteiger partial charge in [-0.05, 0) is 23.7 Å². The lowest BCUT2D eigenvalue weighted by atomic mass is 10.2. The topological polar surface area (TPSA) is 94.9 Å². The normalized spacial score (nSPS) is 11.3. The molecule has 1 aromatic carbocycles. The van der Waals surface area contributed by atoms with E-state index in [1.54, 1.807) is 6.07 Å². The number of methoxy groups -OCH3 is 1. The molecule has 0 aliphatic rings. The predicted molar refractivity (Wildman–Crippen MR) is 133 cm³/mol. The number of carbonyl (C=O) groups excluding carboxylic acids is 2. The zero-order chi connectivity index (χ0) is 24.7. The molecular formula is C24H32N4O5Si. The van der Waals surface area contributed by atoms with E-state index in [1.165, 1.54) is 14.2 Å². The number of hydrogen-bond donors (Lipinski definition) is 1. The Kier molecular flexibility index (Phi) is 8.29. The van der Waals surface area contributed by atoms with Crippen molar-refractivity contribution in [2.45, 2.75) is 39.0 Å². The zero-order valence-corrected chi connectivity index (χ0v) is 21.3. The maximum atomic E-state index is 12.4. The third-order valence-corrected chi connectivity index (χ3v) is 6.81. The Morgan fingerprint density at radius 2 is 1.88 bits per heavy atom. The summed E-state index contributed by atoms with van der Waals surface area (Å²) in [6, 6.07) is 14.1. The summed E-state index contributed by atoms with van der Waals surface area (Å²) in [6.07, 6.45) is 1.25. The van der Waals surface area contributed by atoms with Gasteiger partial charge in [-0.3, -0.25) is 5.43 Å². The SMILES string of the molecule is COC(=O)c1nc2c(ccn2COCC[Si](C)(C)C)cc1NN(C)C(=O)OCc1ccccc1. The van der Waals surface area contributed by atoms with Crippen LogP contribution in [0.1, 0.15) is 16.1 Å². The number of carbonyl (C=O) groups is 2. The molecule has 2 aromatic heterocycles. The Labute approximate surface area is 200 Å².